The Labute approximate surface area is 143 Å². The van der Waals surface area contributed by atoms with Crippen molar-refractivity contribution in [3.8, 4) is 0 Å². The first-order chi connectivity index (χ1) is 11.7. The van der Waals surface area contributed by atoms with E-state index in [0.29, 0.717) is 18.1 Å². The fourth-order valence-electron chi connectivity index (χ4n) is 2.86. The standard InChI is InChI=1S/C19H24N4O/c1-15-6-8-16(9-7-15)12-21-18-14-20-17(13-22-18)19(24)23-10-4-2-3-5-11-23/h6-9,13-14H,2-5,10-12H2,1H3,(H,21,22). The first-order valence-corrected chi connectivity index (χ1v) is 8.63. The summed E-state index contributed by atoms with van der Waals surface area (Å²) in [5.74, 6) is 0.678. The molecule has 2 aromatic rings. The van der Waals surface area contributed by atoms with Crippen LogP contribution in [0.15, 0.2) is 36.7 Å². The van der Waals surface area contributed by atoms with E-state index in [1.807, 2.05) is 4.90 Å². The molecule has 1 saturated heterocycles. The number of anilines is 1. The molecule has 5 nitrogen and oxygen atoms in total. The summed E-state index contributed by atoms with van der Waals surface area (Å²) < 4.78 is 0. The second kappa shape index (κ2) is 7.90. The molecule has 1 N–H and O–H groups in total. The summed E-state index contributed by atoms with van der Waals surface area (Å²) in [6.07, 6.45) is 7.78. The Balaban J connectivity index is 1.58. The molecular formula is C19H24N4O. The summed E-state index contributed by atoms with van der Waals surface area (Å²) in [4.78, 5) is 23.0. The summed E-state index contributed by atoms with van der Waals surface area (Å²) >= 11 is 0. The molecule has 0 atom stereocenters. The Morgan fingerprint density at radius 3 is 2.38 bits per heavy atom. The average molecular weight is 324 g/mol. The largest absolute Gasteiger partial charge is 0.365 e. The predicted molar refractivity (Wildman–Crippen MR) is 94.9 cm³/mol. The molecule has 0 unspecified atom stereocenters. The van der Waals surface area contributed by atoms with Crippen molar-refractivity contribution in [2.45, 2.75) is 39.2 Å². The summed E-state index contributed by atoms with van der Waals surface area (Å²) in [6.45, 7) is 4.42. The maximum Gasteiger partial charge on any atom is 0.274 e. The molecule has 2 heterocycles. The van der Waals surface area contributed by atoms with Crippen molar-refractivity contribution >= 4 is 11.7 Å². The van der Waals surface area contributed by atoms with Crippen LogP contribution in [-0.2, 0) is 6.54 Å². The highest BCUT2D eigenvalue weighted by molar-refractivity contribution is 5.92. The molecule has 1 aromatic carbocycles. The highest BCUT2D eigenvalue weighted by atomic mass is 16.2. The minimum atomic E-state index is -0.00511. The number of rotatable bonds is 4. The number of carbonyl (C=O) groups excluding carboxylic acids is 1. The third-order valence-electron chi connectivity index (χ3n) is 4.36. The second-order valence-electron chi connectivity index (χ2n) is 6.33. The fourth-order valence-corrected chi connectivity index (χ4v) is 2.86. The lowest BCUT2D eigenvalue weighted by Crippen LogP contribution is -2.32. The number of likely N-dealkylation sites (tertiary alicyclic amines) is 1. The molecule has 1 aliphatic rings. The maximum atomic E-state index is 12.5. The first kappa shape index (κ1) is 16.4. The molecule has 24 heavy (non-hydrogen) atoms. The van der Waals surface area contributed by atoms with Gasteiger partial charge in [0.1, 0.15) is 11.5 Å². The number of carbonyl (C=O) groups is 1. The number of hydrogen-bond acceptors (Lipinski definition) is 4. The van der Waals surface area contributed by atoms with E-state index in [-0.39, 0.29) is 5.91 Å². The molecule has 1 aliphatic heterocycles. The van der Waals surface area contributed by atoms with Crippen molar-refractivity contribution in [3.63, 3.8) is 0 Å². The van der Waals surface area contributed by atoms with Crippen LogP contribution in [0.1, 0.15) is 47.3 Å². The SMILES string of the molecule is Cc1ccc(CNc2cnc(C(=O)N3CCCCCC3)cn2)cc1. The van der Waals surface area contributed by atoms with E-state index >= 15 is 0 Å². The van der Waals surface area contributed by atoms with Crippen molar-refractivity contribution in [2.75, 3.05) is 18.4 Å². The van der Waals surface area contributed by atoms with Crippen molar-refractivity contribution in [1.82, 2.24) is 14.9 Å². The molecule has 0 saturated carbocycles. The Morgan fingerprint density at radius 1 is 1.04 bits per heavy atom. The summed E-state index contributed by atoms with van der Waals surface area (Å²) in [6, 6.07) is 8.36. The van der Waals surface area contributed by atoms with Gasteiger partial charge in [-0.3, -0.25) is 4.79 Å². The fraction of sp³-hybridized carbons (Fsp3) is 0.421. The smallest absolute Gasteiger partial charge is 0.274 e. The second-order valence-corrected chi connectivity index (χ2v) is 6.33. The number of aromatic nitrogens is 2. The lowest BCUT2D eigenvalue weighted by atomic mass is 10.1. The Bertz CT molecular complexity index is 659. The molecular weight excluding hydrogens is 300 g/mol. The van der Waals surface area contributed by atoms with Crippen LogP contribution < -0.4 is 5.32 Å². The molecule has 0 bridgehead atoms. The van der Waals surface area contributed by atoms with Gasteiger partial charge in [0.15, 0.2) is 0 Å². The van der Waals surface area contributed by atoms with E-state index in [1.165, 1.54) is 24.0 Å². The van der Waals surface area contributed by atoms with Gasteiger partial charge in [-0.2, -0.15) is 0 Å². The number of benzene rings is 1. The van der Waals surface area contributed by atoms with Crippen LogP contribution in [-0.4, -0.2) is 33.9 Å². The van der Waals surface area contributed by atoms with Gasteiger partial charge in [0.05, 0.1) is 12.4 Å². The average Bonchev–Trinajstić information content (AvgIpc) is 2.90. The van der Waals surface area contributed by atoms with Crippen LogP contribution in [0, 0.1) is 6.92 Å². The lowest BCUT2D eigenvalue weighted by Gasteiger charge is -2.19. The van der Waals surface area contributed by atoms with Crippen LogP contribution in [0.2, 0.25) is 0 Å². The highest BCUT2D eigenvalue weighted by Crippen LogP contribution is 2.13. The molecule has 0 aliphatic carbocycles. The highest BCUT2D eigenvalue weighted by Gasteiger charge is 2.18. The van der Waals surface area contributed by atoms with E-state index in [1.54, 1.807) is 12.4 Å². The first-order valence-electron chi connectivity index (χ1n) is 8.63. The van der Waals surface area contributed by atoms with E-state index < -0.39 is 0 Å². The topological polar surface area (TPSA) is 58.1 Å². The van der Waals surface area contributed by atoms with Crippen LogP contribution in [0.3, 0.4) is 0 Å². The lowest BCUT2D eigenvalue weighted by molar-refractivity contribution is 0.0755. The normalized spacial score (nSPS) is 15.0. The third kappa shape index (κ3) is 4.31. The number of nitrogens with one attached hydrogen (secondary N) is 1. The number of nitrogens with zero attached hydrogens (tertiary/aromatic N) is 3. The van der Waals surface area contributed by atoms with Gasteiger partial charge in [0.2, 0.25) is 0 Å². The maximum absolute atomic E-state index is 12.5. The Hall–Kier alpha value is -2.43. The van der Waals surface area contributed by atoms with E-state index in [2.05, 4.69) is 46.5 Å². The van der Waals surface area contributed by atoms with E-state index in [9.17, 15) is 4.79 Å². The minimum Gasteiger partial charge on any atom is -0.365 e. The van der Waals surface area contributed by atoms with Crippen molar-refractivity contribution in [2.24, 2.45) is 0 Å². The zero-order valence-corrected chi connectivity index (χ0v) is 14.2. The van der Waals surface area contributed by atoms with Gasteiger partial charge in [-0.25, -0.2) is 9.97 Å². The van der Waals surface area contributed by atoms with Crippen LogP contribution in [0.25, 0.3) is 0 Å². The molecule has 0 radical (unpaired) electrons. The Kier molecular flexibility index (Phi) is 5.41. The summed E-state index contributed by atoms with van der Waals surface area (Å²) in [5.41, 5.74) is 2.86. The van der Waals surface area contributed by atoms with Gasteiger partial charge in [0.25, 0.3) is 5.91 Å². The monoisotopic (exact) mass is 324 g/mol. The van der Waals surface area contributed by atoms with E-state index in [4.69, 9.17) is 0 Å². The molecule has 1 fully saturated rings. The quantitative estimate of drug-likeness (QED) is 0.936. The number of aryl methyl sites for hydroxylation is 1. The van der Waals surface area contributed by atoms with E-state index in [0.717, 1.165) is 25.9 Å². The Morgan fingerprint density at radius 2 is 1.75 bits per heavy atom. The predicted octanol–water partition coefficient (Wildman–Crippen LogP) is 3.41. The molecule has 5 heteroatoms. The summed E-state index contributed by atoms with van der Waals surface area (Å²) in [5, 5.41) is 3.24. The molecule has 1 aromatic heterocycles. The van der Waals surface area contributed by atoms with Gasteiger partial charge in [-0.1, -0.05) is 42.7 Å². The number of amides is 1. The third-order valence-corrected chi connectivity index (χ3v) is 4.36. The zero-order chi connectivity index (χ0) is 16.8. The van der Waals surface area contributed by atoms with Crippen LogP contribution in [0.5, 0.6) is 0 Å². The molecule has 0 spiro atoms. The minimum absolute atomic E-state index is 0.00511. The zero-order valence-electron chi connectivity index (χ0n) is 14.2. The molecule has 1 amide bonds. The van der Waals surface area contributed by atoms with Gasteiger partial charge in [-0.05, 0) is 25.3 Å². The van der Waals surface area contributed by atoms with Crippen molar-refractivity contribution in [3.05, 3.63) is 53.5 Å². The van der Waals surface area contributed by atoms with Gasteiger partial charge < -0.3 is 10.2 Å². The summed E-state index contributed by atoms with van der Waals surface area (Å²) in [7, 11) is 0. The van der Waals surface area contributed by atoms with Gasteiger partial charge in [-0.15, -0.1) is 0 Å². The van der Waals surface area contributed by atoms with Crippen LogP contribution >= 0.6 is 0 Å². The van der Waals surface area contributed by atoms with Crippen molar-refractivity contribution in [1.29, 1.82) is 0 Å². The van der Waals surface area contributed by atoms with Gasteiger partial charge >= 0.3 is 0 Å². The van der Waals surface area contributed by atoms with Crippen molar-refractivity contribution < 1.29 is 4.79 Å². The van der Waals surface area contributed by atoms with Gasteiger partial charge in [0, 0.05) is 19.6 Å². The molecule has 3 rings (SSSR count). The number of hydrogen-bond donors (Lipinski definition) is 1. The molecule has 126 valence electrons. The van der Waals surface area contributed by atoms with Crippen LogP contribution in [0.4, 0.5) is 5.82 Å².